The van der Waals surface area contributed by atoms with Gasteiger partial charge in [-0.2, -0.15) is 0 Å². The van der Waals surface area contributed by atoms with Crippen LogP contribution in [0.15, 0.2) is 16.6 Å². The van der Waals surface area contributed by atoms with Gasteiger partial charge in [0.05, 0.1) is 21.5 Å². The van der Waals surface area contributed by atoms with Gasteiger partial charge < -0.3 is 0 Å². The molecule has 0 fully saturated rings. The van der Waals surface area contributed by atoms with Gasteiger partial charge in [-0.3, -0.25) is 4.72 Å². The van der Waals surface area contributed by atoms with Gasteiger partial charge in [-0.05, 0) is 34.5 Å². The molecule has 0 amide bonds. The Kier molecular flexibility index (Phi) is 4.91. The molecule has 0 bridgehead atoms. The molecule has 0 aliphatic rings. The van der Waals surface area contributed by atoms with E-state index in [-0.39, 0.29) is 10.8 Å². The Labute approximate surface area is 113 Å². The minimum absolute atomic E-state index is 0.0526. The van der Waals surface area contributed by atoms with Gasteiger partial charge in [0.25, 0.3) is 0 Å². The van der Waals surface area contributed by atoms with Crippen LogP contribution in [0, 0.1) is 0 Å². The van der Waals surface area contributed by atoms with E-state index in [1.807, 2.05) is 0 Å². The van der Waals surface area contributed by atoms with Crippen molar-refractivity contribution < 1.29 is 8.42 Å². The first kappa shape index (κ1) is 14.1. The molecule has 1 N–H and O–H groups in total. The van der Waals surface area contributed by atoms with Crippen molar-refractivity contribution in [2.24, 2.45) is 0 Å². The maximum atomic E-state index is 11.5. The Hall–Kier alpha value is 0.0300. The van der Waals surface area contributed by atoms with Gasteiger partial charge in [0.15, 0.2) is 0 Å². The third kappa shape index (κ3) is 3.52. The van der Waals surface area contributed by atoms with Crippen molar-refractivity contribution in [1.29, 1.82) is 0 Å². The van der Waals surface area contributed by atoms with Crippen molar-refractivity contribution in [2.75, 3.05) is 10.5 Å². The number of rotatable bonds is 4. The van der Waals surface area contributed by atoms with Crippen LogP contribution >= 0.6 is 39.1 Å². The molecule has 16 heavy (non-hydrogen) atoms. The van der Waals surface area contributed by atoms with Crippen LogP contribution in [-0.2, 0) is 10.0 Å². The molecule has 0 unspecified atom stereocenters. The van der Waals surface area contributed by atoms with Crippen molar-refractivity contribution in [3.63, 3.8) is 0 Å². The van der Waals surface area contributed by atoms with E-state index in [1.165, 1.54) is 0 Å². The number of nitrogens with one attached hydrogen (secondary N) is 1. The van der Waals surface area contributed by atoms with E-state index < -0.39 is 10.0 Å². The van der Waals surface area contributed by atoms with Gasteiger partial charge in [0.2, 0.25) is 10.0 Å². The third-order valence-corrected chi connectivity index (χ3v) is 5.02. The highest BCUT2D eigenvalue weighted by Crippen LogP contribution is 2.36. The molecule has 3 nitrogen and oxygen atoms in total. The first-order valence-corrected chi connectivity index (χ1v) is 7.71. The fourth-order valence-electron chi connectivity index (χ4n) is 1.09. The number of halogens is 3. The lowest BCUT2D eigenvalue weighted by Gasteiger charge is -2.10. The van der Waals surface area contributed by atoms with E-state index in [0.717, 1.165) is 0 Å². The van der Waals surface area contributed by atoms with Crippen LogP contribution in [0.4, 0.5) is 5.69 Å². The normalized spacial score (nSPS) is 11.5. The molecule has 90 valence electrons. The second-order valence-corrected chi connectivity index (χ2v) is 6.60. The second-order valence-electron chi connectivity index (χ2n) is 3.14. The molecule has 0 spiro atoms. The summed E-state index contributed by atoms with van der Waals surface area (Å²) >= 11 is 15.0. The zero-order valence-electron chi connectivity index (χ0n) is 8.43. The van der Waals surface area contributed by atoms with Crippen molar-refractivity contribution in [2.45, 2.75) is 13.3 Å². The van der Waals surface area contributed by atoms with Crippen molar-refractivity contribution in [3.8, 4) is 0 Å². The number of anilines is 1. The standard InChI is InChI=1S/C9H10BrCl2NO2S/c1-2-5-16(14,15)13-7-4-3-6(10)8(11)9(7)12/h3-4,13H,2,5H2,1H3. The Morgan fingerprint density at radius 2 is 1.94 bits per heavy atom. The molecule has 0 aromatic heterocycles. The maximum absolute atomic E-state index is 11.5. The van der Waals surface area contributed by atoms with E-state index in [2.05, 4.69) is 20.7 Å². The zero-order chi connectivity index (χ0) is 12.3. The second kappa shape index (κ2) is 5.58. The summed E-state index contributed by atoms with van der Waals surface area (Å²) in [4.78, 5) is 0. The van der Waals surface area contributed by atoms with Gasteiger partial charge in [-0.15, -0.1) is 0 Å². The first-order chi connectivity index (χ1) is 7.37. The molecule has 7 heteroatoms. The van der Waals surface area contributed by atoms with Crippen LogP contribution in [0.3, 0.4) is 0 Å². The Morgan fingerprint density at radius 1 is 1.31 bits per heavy atom. The number of sulfonamides is 1. The predicted molar refractivity (Wildman–Crippen MR) is 71.9 cm³/mol. The summed E-state index contributed by atoms with van der Waals surface area (Å²) in [6.07, 6.45) is 0.539. The number of hydrogen-bond donors (Lipinski definition) is 1. The minimum Gasteiger partial charge on any atom is -0.282 e. The summed E-state index contributed by atoms with van der Waals surface area (Å²) in [6.45, 7) is 1.79. The van der Waals surface area contributed by atoms with E-state index in [9.17, 15) is 8.42 Å². The quantitative estimate of drug-likeness (QED) is 0.840. The smallest absolute Gasteiger partial charge is 0.232 e. The van der Waals surface area contributed by atoms with Gasteiger partial charge in [0, 0.05) is 4.47 Å². The van der Waals surface area contributed by atoms with Crippen LogP contribution in [0.25, 0.3) is 0 Å². The molecule has 0 atom stereocenters. The lowest BCUT2D eigenvalue weighted by molar-refractivity contribution is 0.600. The van der Waals surface area contributed by atoms with Crippen molar-refractivity contribution in [1.82, 2.24) is 0 Å². The highest BCUT2D eigenvalue weighted by molar-refractivity contribution is 9.10. The van der Waals surface area contributed by atoms with Gasteiger partial charge in [-0.1, -0.05) is 30.1 Å². The molecular formula is C9H10BrCl2NO2S. The van der Waals surface area contributed by atoms with E-state index in [4.69, 9.17) is 23.2 Å². The van der Waals surface area contributed by atoms with Crippen LogP contribution in [-0.4, -0.2) is 14.2 Å². The SMILES string of the molecule is CCCS(=O)(=O)Nc1ccc(Br)c(Cl)c1Cl. The number of hydrogen-bond acceptors (Lipinski definition) is 2. The summed E-state index contributed by atoms with van der Waals surface area (Å²) in [5.74, 6) is 0.0526. The van der Waals surface area contributed by atoms with Crippen LogP contribution in [0.2, 0.25) is 10.0 Å². The molecule has 1 rings (SSSR count). The Balaban J connectivity index is 3.04. The summed E-state index contributed by atoms with van der Waals surface area (Å²) in [5.41, 5.74) is 0.295. The fraction of sp³-hybridized carbons (Fsp3) is 0.333. The van der Waals surface area contributed by atoms with Crippen LogP contribution in [0.1, 0.15) is 13.3 Å². The lowest BCUT2D eigenvalue weighted by atomic mass is 10.3. The molecule has 0 saturated heterocycles. The first-order valence-electron chi connectivity index (χ1n) is 4.51. The lowest BCUT2D eigenvalue weighted by Crippen LogP contribution is -2.16. The predicted octanol–water partition coefficient (Wildman–Crippen LogP) is 3.91. The molecule has 0 aliphatic heterocycles. The fourth-order valence-corrected chi connectivity index (χ4v) is 3.11. The van der Waals surface area contributed by atoms with Crippen molar-refractivity contribution in [3.05, 3.63) is 26.7 Å². The van der Waals surface area contributed by atoms with Crippen LogP contribution < -0.4 is 4.72 Å². The summed E-state index contributed by atoms with van der Waals surface area (Å²) < 4.78 is 26.1. The van der Waals surface area contributed by atoms with Gasteiger partial charge >= 0.3 is 0 Å². The van der Waals surface area contributed by atoms with Gasteiger partial charge in [0.1, 0.15) is 0 Å². The highest BCUT2D eigenvalue weighted by Gasteiger charge is 2.14. The third-order valence-electron chi connectivity index (χ3n) is 1.77. The molecule has 1 aromatic rings. The average Bonchev–Trinajstić information content (AvgIpc) is 2.19. The highest BCUT2D eigenvalue weighted by atomic mass is 79.9. The molecule has 0 saturated carbocycles. The maximum Gasteiger partial charge on any atom is 0.232 e. The number of benzene rings is 1. The van der Waals surface area contributed by atoms with Crippen molar-refractivity contribution >= 4 is 54.8 Å². The minimum atomic E-state index is -3.35. The molecule has 1 aromatic carbocycles. The Morgan fingerprint density at radius 3 is 2.50 bits per heavy atom. The summed E-state index contributed by atoms with van der Waals surface area (Å²) in [6, 6.07) is 3.20. The molecular weight excluding hydrogens is 337 g/mol. The zero-order valence-corrected chi connectivity index (χ0v) is 12.3. The topological polar surface area (TPSA) is 46.2 Å². The van der Waals surface area contributed by atoms with Gasteiger partial charge in [-0.25, -0.2) is 8.42 Å². The average molecular weight is 347 g/mol. The molecule has 0 heterocycles. The van der Waals surface area contributed by atoms with E-state index >= 15 is 0 Å². The van der Waals surface area contributed by atoms with E-state index in [1.54, 1.807) is 19.1 Å². The van der Waals surface area contributed by atoms with E-state index in [0.29, 0.717) is 21.6 Å². The largest absolute Gasteiger partial charge is 0.282 e. The monoisotopic (exact) mass is 345 g/mol. The van der Waals surface area contributed by atoms with Crippen LogP contribution in [0.5, 0.6) is 0 Å². The molecule has 0 aliphatic carbocycles. The Bertz CT molecular complexity index is 491. The molecule has 0 radical (unpaired) electrons. The summed E-state index contributed by atoms with van der Waals surface area (Å²) in [5, 5.41) is 0.481. The summed E-state index contributed by atoms with van der Waals surface area (Å²) in [7, 11) is -3.35.